The minimum Gasteiger partial charge on any atom is -0.394 e. The largest absolute Gasteiger partial charge is 0.394 e. The Morgan fingerprint density at radius 2 is 2.36 bits per heavy atom. The fraction of sp³-hybridized carbons (Fsp3) is 0.875. The summed E-state index contributed by atoms with van der Waals surface area (Å²) < 4.78 is 1.66. The molecule has 78 valence electrons. The van der Waals surface area contributed by atoms with Crippen molar-refractivity contribution >= 4 is 11.8 Å². The number of aromatic nitrogens is 4. The van der Waals surface area contributed by atoms with Crippen LogP contribution in [0.15, 0.2) is 5.16 Å². The van der Waals surface area contributed by atoms with Gasteiger partial charge in [0, 0.05) is 5.75 Å². The van der Waals surface area contributed by atoms with Gasteiger partial charge in [0.15, 0.2) is 0 Å². The SMILES string of the molecule is OCCn1nnnc1SCC1CCC1. The molecule has 0 radical (unpaired) electrons. The van der Waals surface area contributed by atoms with Crippen molar-refractivity contribution in [2.24, 2.45) is 5.92 Å². The molecule has 1 aromatic rings. The van der Waals surface area contributed by atoms with Crippen LogP contribution in [0.5, 0.6) is 0 Å². The van der Waals surface area contributed by atoms with Crippen molar-refractivity contribution in [2.75, 3.05) is 12.4 Å². The van der Waals surface area contributed by atoms with E-state index in [2.05, 4.69) is 15.5 Å². The van der Waals surface area contributed by atoms with Gasteiger partial charge >= 0.3 is 0 Å². The molecule has 0 amide bonds. The predicted octanol–water partition coefficient (Wildman–Crippen LogP) is 0.558. The van der Waals surface area contributed by atoms with E-state index in [0.29, 0.717) is 6.54 Å². The van der Waals surface area contributed by atoms with Crippen LogP contribution in [0, 0.1) is 5.92 Å². The average Bonchev–Trinajstić information content (AvgIpc) is 2.51. The Morgan fingerprint density at radius 3 is 3.00 bits per heavy atom. The predicted molar refractivity (Wildman–Crippen MR) is 53.0 cm³/mol. The van der Waals surface area contributed by atoms with Crippen molar-refractivity contribution in [3.8, 4) is 0 Å². The molecule has 1 aliphatic rings. The number of nitrogens with zero attached hydrogens (tertiary/aromatic N) is 4. The number of aliphatic hydroxyl groups excluding tert-OH is 1. The first kappa shape index (κ1) is 9.92. The lowest BCUT2D eigenvalue weighted by molar-refractivity contribution is 0.262. The third-order valence-corrected chi connectivity index (χ3v) is 3.67. The highest BCUT2D eigenvalue weighted by Crippen LogP contribution is 2.31. The zero-order valence-electron chi connectivity index (χ0n) is 7.96. The molecule has 0 aliphatic heterocycles. The lowest BCUT2D eigenvalue weighted by Gasteiger charge is -2.24. The summed E-state index contributed by atoms with van der Waals surface area (Å²) >= 11 is 1.69. The summed E-state index contributed by atoms with van der Waals surface area (Å²) in [5.74, 6) is 1.95. The number of rotatable bonds is 5. The third-order valence-electron chi connectivity index (χ3n) is 2.48. The van der Waals surface area contributed by atoms with Crippen LogP contribution in [0.25, 0.3) is 0 Å². The van der Waals surface area contributed by atoms with Crippen LogP contribution < -0.4 is 0 Å². The van der Waals surface area contributed by atoms with E-state index >= 15 is 0 Å². The van der Waals surface area contributed by atoms with E-state index in [0.717, 1.165) is 16.8 Å². The fourth-order valence-electron chi connectivity index (χ4n) is 1.39. The maximum absolute atomic E-state index is 8.77. The monoisotopic (exact) mass is 214 g/mol. The van der Waals surface area contributed by atoms with Crippen molar-refractivity contribution < 1.29 is 5.11 Å². The molecule has 0 atom stereocenters. The molecule has 0 aromatic carbocycles. The Morgan fingerprint density at radius 1 is 1.50 bits per heavy atom. The minimum absolute atomic E-state index is 0.0853. The van der Waals surface area contributed by atoms with E-state index in [-0.39, 0.29) is 6.61 Å². The molecule has 0 bridgehead atoms. The highest BCUT2D eigenvalue weighted by Gasteiger charge is 2.18. The smallest absolute Gasteiger partial charge is 0.209 e. The Kier molecular flexibility index (Phi) is 3.36. The first-order valence-corrected chi connectivity index (χ1v) is 5.88. The molecule has 1 saturated carbocycles. The number of tetrazole rings is 1. The quantitative estimate of drug-likeness (QED) is 0.725. The molecule has 0 unspecified atom stereocenters. The first-order valence-electron chi connectivity index (χ1n) is 4.90. The Bertz CT molecular complexity index is 287. The van der Waals surface area contributed by atoms with Crippen LogP contribution in [0.1, 0.15) is 19.3 Å². The summed E-state index contributed by atoms with van der Waals surface area (Å²) in [6.45, 7) is 0.571. The second kappa shape index (κ2) is 4.75. The molecule has 1 N–H and O–H groups in total. The first-order chi connectivity index (χ1) is 6.90. The molecule has 1 fully saturated rings. The van der Waals surface area contributed by atoms with Gasteiger partial charge in [-0.2, -0.15) is 0 Å². The molecule has 5 nitrogen and oxygen atoms in total. The summed E-state index contributed by atoms with van der Waals surface area (Å²) in [5, 5.41) is 20.9. The fourth-order valence-corrected chi connectivity index (χ4v) is 2.48. The minimum atomic E-state index is 0.0853. The van der Waals surface area contributed by atoms with Gasteiger partial charge in [-0.3, -0.25) is 0 Å². The normalized spacial score (nSPS) is 16.9. The summed E-state index contributed by atoms with van der Waals surface area (Å²) in [7, 11) is 0. The van der Waals surface area contributed by atoms with Crippen molar-refractivity contribution in [1.82, 2.24) is 20.2 Å². The van der Waals surface area contributed by atoms with Gasteiger partial charge in [0.2, 0.25) is 5.16 Å². The molecule has 1 aliphatic carbocycles. The van der Waals surface area contributed by atoms with Crippen LogP contribution >= 0.6 is 11.8 Å². The van der Waals surface area contributed by atoms with Gasteiger partial charge < -0.3 is 5.11 Å². The lowest BCUT2D eigenvalue weighted by Crippen LogP contribution is -2.14. The topological polar surface area (TPSA) is 63.8 Å². The van der Waals surface area contributed by atoms with Crippen LogP contribution in [0.2, 0.25) is 0 Å². The van der Waals surface area contributed by atoms with Crippen LogP contribution in [0.4, 0.5) is 0 Å². The average molecular weight is 214 g/mol. The molecule has 14 heavy (non-hydrogen) atoms. The van der Waals surface area contributed by atoms with Crippen molar-refractivity contribution in [3.05, 3.63) is 0 Å². The van der Waals surface area contributed by atoms with Gasteiger partial charge in [-0.15, -0.1) is 5.10 Å². The second-order valence-electron chi connectivity index (χ2n) is 3.52. The summed E-state index contributed by atoms with van der Waals surface area (Å²) in [5.41, 5.74) is 0. The van der Waals surface area contributed by atoms with E-state index in [1.165, 1.54) is 19.3 Å². The Labute approximate surface area is 86.9 Å². The highest BCUT2D eigenvalue weighted by atomic mass is 32.2. The number of hydrogen-bond donors (Lipinski definition) is 1. The third kappa shape index (κ3) is 2.24. The molecule has 1 aromatic heterocycles. The van der Waals surface area contributed by atoms with Gasteiger partial charge in [0.1, 0.15) is 0 Å². The van der Waals surface area contributed by atoms with Gasteiger partial charge in [-0.05, 0) is 29.2 Å². The molecular weight excluding hydrogens is 200 g/mol. The van der Waals surface area contributed by atoms with Crippen LogP contribution in [-0.2, 0) is 6.54 Å². The van der Waals surface area contributed by atoms with Gasteiger partial charge in [0.05, 0.1) is 13.2 Å². The summed E-state index contributed by atoms with van der Waals surface area (Å²) in [6.07, 6.45) is 4.05. The number of hydrogen-bond acceptors (Lipinski definition) is 5. The van der Waals surface area contributed by atoms with Crippen LogP contribution in [0.3, 0.4) is 0 Å². The van der Waals surface area contributed by atoms with E-state index < -0.39 is 0 Å². The standard InChI is InChI=1S/C8H14N4OS/c13-5-4-12-8(9-10-11-12)14-6-7-2-1-3-7/h7,13H,1-6H2. The van der Waals surface area contributed by atoms with Gasteiger partial charge in [0.25, 0.3) is 0 Å². The summed E-state index contributed by atoms with van der Waals surface area (Å²) in [6, 6.07) is 0. The van der Waals surface area contributed by atoms with E-state index in [1.807, 2.05) is 0 Å². The molecule has 2 rings (SSSR count). The zero-order valence-corrected chi connectivity index (χ0v) is 8.78. The van der Waals surface area contributed by atoms with Crippen molar-refractivity contribution in [2.45, 2.75) is 31.0 Å². The molecule has 1 heterocycles. The molecule has 0 saturated heterocycles. The highest BCUT2D eigenvalue weighted by molar-refractivity contribution is 7.99. The van der Waals surface area contributed by atoms with E-state index in [9.17, 15) is 0 Å². The molecular formula is C8H14N4OS. The zero-order chi connectivity index (χ0) is 9.80. The number of thioether (sulfide) groups is 1. The van der Waals surface area contributed by atoms with Crippen molar-refractivity contribution in [1.29, 1.82) is 0 Å². The van der Waals surface area contributed by atoms with Gasteiger partial charge in [-0.1, -0.05) is 18.2 Å². The Hall–Kier alpha value is -0.620. The molecule has 0 spiro atoms. The van der Waals surface area contributed by atoms with Gasteiger partial charge in [-0.25, -0.2) is 4.68 Å². The summed E-state index contributed by atoms with van der Waals surface area (Å²) in [4.78, 5) is 0. The maximum atomic E-state index is 8.77. The lowest BCUT2D eigenvalue weighted by atomic mass is 9.87. The van der Waals surface area contributed by atoms with Crippen molar-refractivity contribution in [3.63, 3.8) is 0 Å². The number of aliphatic hydroxyl groups is 1. The second-order valence-corrected chi connectivity index (χ2v) is 4.50. The van der Waals surface area contributed by atoms with E-state index in [1.54, 1.807) is 16.4 Å². The Balaban J connectivity index is 1.84. The van der Waals surface area contributed by atoms with E-state index in [4.69, 9.17) is 5.11 Å². The maximum Gasteiger partial charge on any atom is 0.209 e. The molecule has 6 heteroatoms. The van der Waals surface area contributed by atoms with Crippen LogP contribution in [-0.4, -0.2) is 37.7 Å².